The molecule has 1 aliphatic rings. The smallest absolute Gasteiger partial charge is 0.244 e. The van der Waals surface area contributed by atoms with E-state index in [1.54, 1.807) is 13.1 Å². The number of rotatable bonds is 10. The highest BCUT2D eigenvalue weighted by Crippen LogP contribution is 2.41. The Morgan fingerprint density at radius 2 is 1.79 bits per heavy atom. The molecule has 1 aromatic heterocycles. The highest BCUT2D eigenvalue weighted by Gasteiger charge is 2.52. The van der Waals surface area contributed by atoms with E-state index in [1.807, 2.05) is 19.0 Å². The molecule has 1 aromatic carbocycles. The number of aliphatic hydroxyl groups excluding tert-OH is 1. The largest absolute Gasteiger partial charge is 0.395 e. The Hall–Kier alpha value is -1.93. The number of fused-ring (bicyclic) bond motifs is 1. The lowest BCUT2D eigenvalue weighted by atomic mass is 9.95. The van der Waals surface area contributed by atoms with E-state index < -0.39 is 15.6 Å². The number of nitrogens with two attached hydrogens (primary N) is 1. The minimum atomic E-state index is -4.17. The number of aromatic nitrogens is 1. The van der Waals surface area contributed by atoms with Gasteiger partial charge in [-0.15, -0.1) is 24.8 Å². The number of aliphatic hydroxyl groups is 1. The number of carbonyl (C=O) groups excluding carboxylic acids is 1. The quantitative estimate of drug-likeness (QED) is 0.235. The molecule has 0 bridgehead atoms. The molecule has 15 heteroatoms. The second kappa shape index (κ2) is 13.9. The summed E-state index contributed by atoms with van der Waals surface area (Å²) in [6.45, 7) is 0.421. The molecule has 5 N–H and O–H groups in total. The fraction of sp³-hybridized carbons (Fsp3) is 0.522. The lowest BCUT2D eigenvalue weighted by molar-refractivity contribution is -0.140. The molecule has 11 nitrogen and oxygen atoms in total. The van der Waals surface area contributed by atoms with Gasteiger partial charge in [-0.05, 0) is 39.1 Å². The van der Waals surface area contributed by atoms with Crippen LogP contribution in [0.4, 0.5) is 5.82 Å². The van der Waals surface area contributed by atoms with Crippen molar-refractivity contribution >= 4 is 74.9 Å². The highest BCUT2D eigenvalue weighted by molar-refractivity contribution is 7.89. The van der Waals surface area contributed by atoms with Gasteiger partial charge in [0.2, 0.25) is 15.9 Å². The number of nitrogens with zero attached hydrogens (tertiary/aromatic N) is 4. The van der Waals surface area contributed by atoms with Crippen LogP contribution in [-0.4, -0.2) is 97.4 Å². The van der Waals surface area contributed by atoms with Crippen LogP contribution in [0.5, 0.6) is 0 Å². The summed E-state index contributed by atoms with van der Waals surface area (Å²) in [5.41, 5.74) is 4.24. The fourth-order valence-electron chi connectivity index (χ4n) is 4.69. The van der Waals surface area contributed by atoms with Crippen LogP contribution >= 0.6 is 36.4 Å². The molecule has 3 rings (SSSR count). The van der Waals surface area contributed by atoms with Crippen molar-refractivity contribution in [2.45, 2.75) is 36.1 Å². The number of benzene rings is 1. The van der Waals surface area contributed by atoms with E-state index in [0.29, 0.717) is 35.2 Å². The molecule has 0 aliphatic heterocycles. The number of amides is 1. The van der Waals surface area contributed by atoms with Crippen molar-refractivity contribution in [3.63, 3.8) is 0 Å². The van der Waals surface area contributed by atoms with E-state index in [2.05, 4.69) is 10.3 Å². The number of halogens is 3. The van der Waals surface area contributed by atoms with Crippen molar-refractivity contribution in [2.75, 3.05) is 52.7 Å². The zero-order valence-corrected chi connectivity index (χ0v) is 24.8. The van der Waals surface area contributed by atoms with E-state index >= 15 is 0 Å². The third-order valence-corrected chi connectivity index (χ3v) is 8.75. The van der Waals surface area contributed by atoms with Crippen molar-refractivity contribution in [2.24, 2.45) is 5.73 Å². The molecule has 1 saturated carbocycles. The van der Waals surface area contributed by atoms with E-state index in [4.69, 9.17) is 22.7 Å². The number of hydrogen-bond acceptors (Lipinski definition) is 7. The van der Waals surface area contributed by atoms with Crippen LogP contribution in [0.1, 0.15) is 25.7 Å². The van der Waals surface area contributed by atoms with Gasteiger partial charge in [0.15, 0.2) is 5.96 Å². The number of guanidine groups is 1. The van der Waals surface area contributed by atoms with E-state index in [-0.39, 0.29) is 67.1 Å². The zero-order valence-electron chi connectivity index (χ0n) is 21.6. The average molecular weight is 613 g/mol. The molecule has 38 heavy (non-hydrogen) atoms. The van der Waals surface area contributed by atoms with Gasteiger partial charge in [-0.1, -0.05) is 30.5 Å². The van der Waals surface area contributed by atoms with Crippen LogP contribution < -0.4 is 11.1 Å². The van der Waals surface area contributed by atoms with Crippen LogP contribution in [0.3, 0.4) is 0 Å². The summed E-state index contributed by atoms with van der Waals surface area (Å²) in [5.74, 6) is -0.469. The van der Waals surface area contributed by atoms with Crippen molar-refractivity contribution in [1.29, 1.82) is 5.41 Å². The van der Waals surface area contributed by atoms with Crippen LogP contribution in [0, 0.1) is 5.41 Å². The van der Waals surface area contributed by atoms with E-state index in [1.165, 1.54) is 27.5 Å². The van der Waals surface area contributed by atoms with Gasteiger partial charge in [0, 0.05) is 43.7 Å². The topological polar surface area (TPSA) is 156 Å². The number of sulfonamides is 1. The SMILES string of the molecule is CN(C)CCN(C1(C(=O)N(C)CCO)CCCC1)S(=O)(=O)c1ccc2c(Cl)cnc(NC(=N)N)c2c1.Cl.Cl. The first-order valence-corrected chi connectivity index (χ1v) is 13.5. The first-order chi connectivity index (χ1) is 16.9. The van der Waals surface area contributed by atoms with Crippen molar-refractivity contribution in [3.8, 4) is 0 Å². The molecule has 214 valence electrons. The van der Waals surface area contributed by atoms with Crippen molar-refractivity contribution in [1.82, 2.24) is 19.1 Å². The molecular formula is C23H36Cl3N7O4S. The minimum Gasteiger partial charge on any atom is -0.395 e. The number of carbonyl (C=O) groups is 1. The molecule has 2 aromatic rings. The van der Waals surface area contributed by atoms with Gasteiger partial charge >= 0.3 is 0 Å². The van der Waals surface area contributed by atoms with E-state index in [0.717, 1.165) is 12.8 Å². The lowest BCUT2D eigenvalue weighted by Crippen LogP contribution is -2.60. The summed E-state index contributed by atoms with van der Waals surface area (Å²) in [5, 5.41) is 20.8. The van der Waals surface area contributed by atoms with Gasteiger partial charge < -0.3 is 26.0 Å². The monoisotopic (exact) mass is 611 g/mol. The summed E-state index contributed by atoms with van der Waals surface area (Å²) in [7, 11) is 1.10. The van der Waals surface area contributed by atoms with Crippen LogP contribution in [0.2, 0.25) is 5.02 Å². The van der Waals surface area contributed by atoms with Crippen molar-refractivity contribution < 1.29 is 18.3 Å². The van der Waals surface area contributed by atoms with Crippen molar-refractivity contribution in [3.05, 3.63) is 29.4 Å². The first kappa shape index (κ1) is 34.1. The highest BCUT2D eigenvalue weighted by atomic mass is 35.5. The van der Waals surface area contributed by atoms with Gasteiger partial charge in [0.1, 0.15) is 11.4 Å². The Labute approximate surface area is 241 Å². The summed E-state index contributed by atoms with van der Waals surface area (Å²) in [6.07, 6.45) is 3.63. The van der Waals surface area contributed by atoms with Gasteiger partial charge in [0.25, 0.3) is 0 Å². The predicted octanol–water partition coefficient (Wildman–Crippen LogP) is 2.35. The first-order valence-electron chi connectivity index (χ1n) is 11.7. The normalized spacial score (nSPS) is 14.7. The summed E-state index contributed by atoms with van der Waals surface area (Å²) < 4.78 is 29.8. The molecule has 0 spiro atoms. The van der Waals surface area contributed by atoms with Gasteiger partial charge in [-0.3, -0.25) is 10.2 Å². The third kappa shape index (κ3) is 6.98. The molecule has 1 amide bonds. The summed E-state index contributed by atoms with van der Waals surface area (Å²) in [4.78, 5) is 21.1. The fourth-order valence-corrected chi connectivity index (χ4v) is 6.71. The molecule has 1 aliphatic carbocycles. The predicted molar refractivity (Wildman–Crippen MR) is 155 cm³/mol. The number of pyridine rings is 1. The van der Waals surface area contributed by atoms with Gasteiger partial charge in [0.05, 0.1) is 16.5 Å². The Balaban J connectivity index is 0.00000361. The lowest BCUT2D eigenvalue weighted by Gasteiger charge is -2.41. The zero-order chi connectivity index (χ0) is 26.7. The van der Waals surface area contributed by atoms with Gasteiger partial charge in [-0.25, -0.2) is 13.4 Å². The summed E-state index contributed by atoms with van der Waals surface area (Å²) in [6, 6.07) is 4.50. The standard InChI is InChI=1S/C23H34ClN7O4S.2ClH/c1-29(2)10-11-31(23(8-4-5-9-23)21(33)30(3)12-13-32)36(34,35)16-6-7-17-18(14-16)20(28-22(25)26)27-15-19(17)24;;/h6-7,14-15,32H,4-5,8-13H2,1-3H3,(H4,25,26,27,28);2*1H. The Kier molecular flexibility index (Phi) is 12.5. The number of anilines is 1. The number of nitrogens with one attached hydrogen (secondary N) is 2. The molecule has 1 heterocycles. The molecule has 0 atom stereocenters. The third-order valence-electron chi connectivity index (χ3n) is 6.49. The van der Waals surface area contributed by atoms with Crippen LogP contribution in [0.25, 0.3) is 10.8 Å². The molecule has 0 saturated heterocycles. The Morgan fingerprint density at radius 3 is 2.34 bits per heavy atom. The van der Waals surface area contributed by atoms with Crippen LogP contribution in [0.15, 0.2) is 29.3 Å². The maximum atomic E-state index is 14.2. The number of hydrogen-bond donors (Lipinski definition) is 4. The van der Waals surface area contributed by atoms with Crippen LogP contribution in [-0.2, 0) is 14.8 Å². The maximum absolute atomic E-state index is 14.2. The van der Waals surface area contributed by atoms with Gasteiger partial charge in [-0.2, -0.15) is 4.31 Å². The average Bonchev–Trinajstić information content (AvgIpc) is 3.30. The molecule has 0 radical (unpaired) electrons. The second-order valence-electron chi connectivity index (χ2n) is 9.27. The molecule has 0 unspecified atom stereocenters. The Morgan fingerprint density at radius 1 is 1.16 bits per heavy atom. The van der Waals surface area contributed by atoms with E-state index in [9.17, 15) is 18.3 Å². The molecule has 1 fully saturated rings. The second-order valence-corrected chi connectivity index (χ2v) is 11.5. The summed E-state index contributed by atoms with van der Waals surface area (Å²) >= 11 is 6.30. The minimum absolute atomic E-state index is 0. The number of likely N-dealkylation sites (N-methyl/N-ethyl adjacent to an activating group) is 2. The maximum Gasteiger partial charge on any atom is 0.244 e. The Bertz CT molecular complexity index is 1240. The molecular weight excluding hydrogens is 577 g/mol.